The molecule has 2 heterocycles. The van der Waals surface area contributed by atoms with Gasteiger partial charge >= 0.3 is 0 Å². The van der Waals surface area contributed by atoms with E-state index in [4.69, 9.17) is 0 Å². The molecular formula is C14H13FN2S. The first-order valence-electron chi connectivity index (χ1n) is 5.81. The Morgan fingerprint density at radius 3 is 2.83 bits per heavy atom. The zero-order valence-electron chi connectivity index (χ0n) is 10.3. The van der Waals surface area contributed by atoms with Crippen molar-refractivity contribution >= 4 is 22.2 Å². The summed E-state index contributed by atoms with van der Waals surface area (Å²) in [5, 5.41) is 1.73. The molecule has 0 atom stereocenters. The Kier molecular flexibility index (Phi) is 2.67. The molecule has 18 heavy (non-hydrogen) atoms. The number of rotatable bonds is 2. The molecule has 0 saturated carbocycles. The third kappa shape index (κ3) is 1.82. The van der Waals surface area contributed by atoms with E-state index >= 15 is 0 Å². The van der Waals surface area contributed by atoms with E-state index in [-0.39, 0.29) is 5.82 Å². The lowest BCUT2D eigenvalue weighted by Gasteiger charge is -2.02. The second kappa shape index (κ2) is 4.21. The van der Waals surface area contributed by atoms with Crippen LogP contribution in [-0.2, 0) is 6.54 Å². The van der Waals surface area contributed by atoms with E-state index in [9.17, 15) is 4.39 Å². The van der Waals surface area contributed by atoms with Crippen molar-refractivity contribution in [3.05, 3.63) is 51.9 Å². The van der Waals surface area contributed by atoms with E-state index < -0.39 is 0 Å². The molecule has 3 rings (SSSR count). The number of hydrogen-bond acceptors (Lipinski definition) is 2. The average Bonchev–Trinajstić information content (AvgIpc) is 2.86. The molecule has 0 N–H and O–H groups in total. The van der Waals surface area contributed by atoms with Gasteiger partial charge in [0.25, 0.3) is 0 Å². The monoisotopic (exact) mass is 260 g/mol. The SMILES string of the molecule is Cc1nc(Cn2ccc3c(F)cccc32)sc1C. The summed E-state index contributed by atoms with van der Waals surface area (Å²) < 4.78 is 15.6. The summed E-state index contributed by atoms with van der Waals surface area (Å²) in [6.45, 7) is 4.79. The van der Waals surface area contributed by atoms with Gasteiger partial charge in [-0.2, -0.15) is 0 Å². The van der Waals surface area contributed by atoms with Gasteiger partial charge in [-0.1, -0.05) is 6.07 Å². The summed E-state index contributed by atoms with van der Waals surface area (Å²) >= 11 is 1.70. The molecule has 0 amide bonds. The average molecular weight is 260 g/mol. The predicted octanol–water partition coefficient (Wildman–Crippen LogP) is 3.90. The van der Waals surface area contributed by atoms with E-state index in [0.717, 1.165) is 16.2 Å². The van der Waals surface area contributed by atoms with Gasteiger partial charge < -0.3 is 4.57 Å². The van der Waals surface area contributed by atoms with Gasteiger partial charge in [0.05, 0.1) is 17.8 Å². The number of fused-ring (bicyclic) bond motifs is 1. The van der Waals surface area contributed by atoms with Gasteiger partial charge in [0.1, 0.15) is 10.8 Å². The lowest BCUT2D eigenvalue weighted by Crippen LogP contribution is -1.97. The Hall–Kier alpha value is -1.68. The molecule has 3 aromatic rings. The van der Waals surface area contributed by atoms with E-state index in [2.05, 4.69) is 11.9 Å². The quantitative estimate of drug-likeness (QED) is 0.683. The Balaban J connectivity index is 2.02. The van der Waals surface area contributed by atoms with Crippen molar-refractivity contribution < 1.29 is 4.39 Å². The largest absolute Gasteiger partial charge is 0.341 e. The predicted molar refractivity (Wildman–Crippen MR) is 72.6 cm³/mol. The highest BCUT2D eigenvalue weighted by atomic mass is 32.1. The molecule has 92 valence electrons. The van der Waals surface area contributed by atoms with Crippen LogP contribution in [-0.4, -0.2) is 9.55 Å². The molecule has 0 unspecified atom stereocenters. The topological polar surface area (TPSA) is 17.8 Å². The highest BCUT2D eigenvalue weighted by molar-refractivity contribution is 7.11. The van der Waals surface area contributed by atoms with Crippen molar-refractivity contribution in [2.24, 2.45) is 0 Å². The van der Waals surface area contributed by atoms with E-state index in [1.54, 1.807) is 17.4 Å². The summed E-state index contributed by atoms with van der Waals surface area (Å²) in [5.74, 6) is -0.169. The van der Waals surface area contributed by atoms with Crippen molar-refractivity contribution in [2.75, 3.05) is 0 Å². The van der Waals surface area contributed by atoms with Gasteiger partial charge in [0.2, 0.25) is 0 Å². The number of halogens is 1. The standard InChI is InChI=1S/C14H13FN2S/c1-9-10(2)18-14(16-9)8-17-7-6-11-12(15)4-3-5-13(11)17/h3-7H,8H2,1-2H3. The van der Waals surface area contributed by atoms with Gasteiger partial charge in [-0.05, 0) is 32.0 Å². The zero-order valence-corrected chi connectivity index (χ0v) is 11.1. The lowest BCUT2D eigenvalue weighted by molar-refractivity contribution is 0.639. The maximum absolute atomic E-state index is 13.6. The first-order valence-corrected chi connectivity index (χ1v) is 6.63. The molecule has 0 aliphatic rings. The summed E-state index contributed by atoms with van der Waals surface area (Å²) in [6, 6.07) is 6.99. The van der Waals surface area contributed by atoms with E-state index in [0.29, 0.717) is 11.9 Å². The van der Waals surface area contributed by atoms with Gasteiger partial charge in [-0.25, -0.2) is 9.37 Å². The van der Waals surface area contributed by atoms with Crippen LogP contribution in [0.25, 0.3) is 10.9 Å². The van der Waals surface area contributed by atoms with E-state index in [1.807, 2.05) is 29.8 Å². The second-order valence-electron chi connectivity index (χ2n) is 4.37. The van der Waals surface area contributed by atoms with Crippen LogP contribution < -0.4 is 0 Å². The molecule has 0 aliphatic carbocycles. The van der Waals surface area contributed by atoms with Crippen LogP contribution in [0.2, 0.25) is 0 Å². The summed E-state index contributed by atoms with van der Waals surface area (Å²) in [7, 11) is 0. The van der Waals surface area contributed by atoms with Crippen molar-refractivity contribution in [3.63, 3.8) is 0 Å². The second-order valence-corrected chi connectivity index (χ2v) is 5.65. The lowest BCUT2D eigenvalue weighted by atomic mass is 10.2. The number of aromatic nitrogens is 2. The van der Waals surface area contributed by atoms with Crippen molar-refractivity contribution in [3.8, 4) is 0 Å². The maximum Gasteiger partial charge on any atom is 0.132 e. The number of benzene rings is 1. The molecular weight excluding hydrogens is 247 g/mol. The summed E-state index contributed by atoms with van der Waals surface area (Å²) in [6.07, 6.45) is 1.92. The van der Waals surface area contributed by atoms with Crippen LogP contribution >= 0.6 is 11.3 Å². The number of nitrogens with zero attached hydrogens (tertiary/aromatic N) is 2. The molecule has 0 aliphatic heterocycles. The minimum absolute atomic E-state index is 0.169. The molecule has 2 nitrogen and oxygen atoms in total. The third-order valence-corrected chi connectivity index (χ3v) is 4.20. The summed E-state index contributed by atoms with van der Waals surface area (Å²) in [4.78, 5) is 5.76. The van der Waals surface area contributed by atoms with Crippen LogP contribution in [0.1, 0.15) is 15.6 Å². The fourth-order valence-corrected chi connectivity index (χ4v) is 3.01. The Bertz CT molecular complexity index is 692. The third-order valence-electron chi connectivity index (χ3n) is 3.14. The zero-order chi connectivity index (χ0) is 12.7. The Morgan fingerprint density at radius 2 is 2.11 bits per heavy atom. The molecule has 4 heteroatoms. The van der Waals surface area contributed by atoms with Crippen molar-refractivity contribution in [1.29, 1.82) is 0 Å². The van der Waals surface area contributed by atoms with Crippen molar-refractivity contribution in [2.45, 2.75) is 20.4 Å². The first-order chi connectivity index (χ1) is 8.65. The highest BCUT2D eigenvalue weighted by Gasteiger charge is 2.08. The van der Waals surface area contributed by atoms with Crippen LogP contribution in [0.15, 0.2) is 30.5 Å². The normalized spacial score (nSPS) is 11.3. The smallest absolute Gasteiger partial charge is 0.132 e. The van der Waals surface area contributed by atoms with Gasteiger partial charge in [0, 0.05) is 16.5 Å². The van der Waals surface area contributed by atoms with Crippen LogP contribution in [0.5, 0.6) is 0 Å². The minimum Gasteiger partial charge on any atom is -0.341 e. The Labute approximate surface area is 109 Å². The molecule has 0 saturated heterocycles. The number of hydrogen-bond donors (Lipinski definition) is 0. The summed E-state index contributed by atoms with van der Waals surface area (Å²) in [5.41, 5.74) is 2.00. The number of aryl methyl sites for hydroxylation is 2. The molecule has 0 fully saturated rings. The molecule has 0 bridgehead atoms. The fraction of sp³-hybridized carbons (Fsp3) is 0.214. The van der Waals surface area contributed by atoms with Crippen LogP contribution in [0.4, 0.5) is 4.39 Å². The van der Waals surface area contributed by atoms with Gasteiger partial charge in [-0.3, -0.25) is 0 Å². The fourth-order valence-electron chi connectivity index (χ4n) is 2.08. The maximum atomic E-state index is 13.6. The molecule has 1 aromatic carbocycles. The number of thiazole rings is 1. The van der Waals surface area contributed by atoms with Crippen LogP contribution in [0, 0.1) is 19.7 Å². The molecule has 2 aromatic heterocycles. The van der Waals surface area contributed by atoms with Gasteiger partial charge in [-0.15, -0.1) is 11.3 Å². The molecule has 0 radical (unpaired) electrons. The van der Waals surface area contributed by atoms with E-state index in [1.165, 1.54) is 10.9 Å². The highest BCUT2D eigenvalue weighted by Crippen LogP contribution is 2.22. The van der Waals surface area contributed by atoms with Gasteiger partial charge in [0.15, 0.2) is 0 Å². The minimum atomic E-state index is -0.169. The van der Waals surface area contributed by atoms with Crippen LogP contribution in [0.3, 0.4) is 0 Å². The Morgan fingerprint density at radius 1 is 1.28 bits per heavy atom. The van der Waals surface area contributed by atoms with Crippen molar-refractivity contribution in [1.82, 2.24) is 9.55 Å². The molecule has 0 spiro atoms. The first kappa shape index (κ1) is 11.4.